The van der Waals surface area contributed by atoms with E-state index in [1.807, 2.05) is 13.8 Å². The first-order chi connectivity index (χ1) is 16.4. The van der Waals surface area contributed by atoms with Gasteiger partial charge in [-0.15, -0.1) is 0 Å². The second-order valence-corrected chi connectivity index (χ2v) is 12.3. The number of likely N-dealkylation sites (tertiary alicyclic amines) is 1. The molecule has 3 aliphatic rings. The second-order valence-electron chi connectivity index (χ2n) is 9.95. The molecule has 5 atom stereocenters. The van der Waals surface area contributed by atoms with Crippen LogP contribution in [0.4, 0.5) is 8.78 Å². The molecule has 1 aromatic carbocycles. The van der Waals surface area contributed by atoms with Gasteiger partial charge in [0.2, 0.25) is 21.8 Å². The smallest absolute Gasteiger partial charge is 0.243 e. The van der Waals surface area contributed by atoms with E-state index >= 15 is 0 Å². The molecule has 1 aliphatic carbocycles. The van der Waals surface area contributed by atoms with Gasteiger partial charge in [-0.05, 0) is 50.2 Å². The van der Waals surface area contributed by atoms with Crippen molar-refractivity contribution in [2.75, 3.05) is 25.9 Å². The average molecular weight is 533 g/mol. The molecule has 0 bridgehead atoms. The average Bonchev–Trinajstić information content (AvgIpc) is 3.59. The molecule has 1 saturated carbocycles. The topological polar surface area (TPSA) is 98.8 Å². The number of halogens is 3. The quantitative estimate of drug-likeness (QED) is 0.546. The highest BCUT2D eigenvalue weighted by Crippen LogP contribution is 2.43. The van der Waals surface area contributed by atoms with Crippen molar-refractivity contribution in [3.63, 3.8) is 0 Å². The van der Waals surface area contributed by atoms with Crippen molar-refractivity contribution in [3.05, 3.63) is 34.4 Å². The van der Waals surface area contributed by atoms with Crippen molar-refractivity contribution in [3.8, 4) is 0 Å². The predicted molar refractivity (Wildman–Crippen MR) is 127 cm³/mol. The Morgan fingerprint density at radius 2 is 1.89 bits per heavy atom. The Hall–Kier alpha value is -1.82. The molecule has 8 nitrogen and oxygen atoms in total. The van der Waals surface area contributed by atoms with Crippen LogP contribution in [0.2, 0.25) is 5.02 Å². The van der Waals surface area contributed by atoms with Crippen LogP contribution in [-0.4, -0.2) is 73.5 Å². The van der Waals surface area contributed by atoms with Crippen LogP contribution >= 0.6 is 11.6 Å². The maximum atomic E-state index is 14.7. The first-order valence-corrected chi connectivity index (χ1v) is 14.1. The zero-order valence-corrected chi connectivity index (χ0v) is 21.5. The largest absolute Gasteiger partial charge is 0.347 e. The van der Waals surface area contributed by atoms with Gasteiger partial charge in [-0.1, -0.05) is 18.5 Å². The van der Waals surface area contributed by atoms with E-state index in [0.717, 1.165) is 31.2 Å². The van der Waals surface area contributed by atoms with E-state index in [0.29, 0.717) is 13.0 Å². The van der Waals surface area contributed by atoms with Gasteiger partial charge >= 0.3 is 0 Å². The first-order valence-electron chi connectivity index (χ1n) is 11.8. The number of nitrogens with zero attached hydrogens (tertiary/aromatic N) is 2. The molecule has 35 heavy (non-hydrogen) atoms. The molecule has 0 radical (unpaired) electrons. The maximum absolute atomic E-state index is 14.7. The number of hydrogen-bond donors (Lipinski definition) is 2. The number of hydrogen-bond acceptors (Lipinski definition) is 5. The summed E-state index contributed by atoms with van der Waals surface area (Å²) in [7, 11) is -3.46. The number of rotatable bonds is 6. The highest BCUT2D eigenvalue weighted by molar-refractivity contribution is 7.88. The van der Waals surface area contributed by atoms with Crippen molar-refractivity contribution in [2.45, 2.75) is 57.3 Å². The fourth-order valence-electron chi connectivity index (χ4n) is 5.08. The van der Waals surface area contributed by atoms with Crippen molar-refractivity contribution < 1.29 is 26.8 Å². The van der Waals surface area contributed by atoms with E-state index in [1.165, 1.54) is 9.21 Å². The molecular weight excluding hydrogens is 502 g/mol. The lowest BCUT2D eigenvalue weighted by Crippen LogP contribution is -2.61. The third-order valence-corrected chi connectivity index (χ3v) is 8.98. The van der Waals surface area contributed by atoms with Crippen LogP contribution in [0.1, 0.15) is 44.7 Å². The zero-order chi connectivity index (χ0) is 25.7. The van der Waals surface area contributed by atoms with Crippen molar-refractivity contribution in [2.24, 2.45) is 11.8 Å². The normalized spacial score (nSPS) is 28.7. The minimum atomic E-state index is -3.46. The molecule has 1 unspecified atom stereocenters. The van der Waals surface area contributed by atoms with E-state index in [1.54, 1.807) is 0 Å². The Bertz CT molecular complexity index is 1120. The number of piperazine rings is 1. The Labute approximate surface area is 209 Å². The van der Waals surface area contributed by atoms with E-state index in [-0.39, 0.29) is 47.5 Å². The summed E-state index contributed by atoms with van der Waals surface area (Å²) in [6.45, 7) is 4.39. The maximum Gasteiger partial charge on any atom is 0.243 e. The molecule has 1 aromatic rings. The lowest BCUT2D eigenvalue weighted by molar-refractivity contribution is -0.142. The minimum absolute atomic E-state index is 0.0103. The van der Waals surface area contributed by atoms with Gasteiger partial charge in [0, 0.05) is 31.2 Å². The van der Waals surface area contributed by atoms with E-state index in [4.69, 9.17) is 11.6 Å². The lowest BCUT2D eigenvalue weighted by Gasteiger charge is -2.37. The summed E-state index contributed by atoms with van der Waals surface area (Å²) in [6.07, 6.45) is 3.05. The van der Waals surface area contributed by atoms with Crippen LogP contribution in [0.3, 0.4) is 0 Å². The molecule has 2 N–H and O–H groups in total. The van der Waals surface area contributed by atoms with Crippen LogP contribution in [0.25, 0.3) is 0 Å². The summed E-state index contributed by atoms with van der Waals surface area (Å²) < 4.78 is 54.1. The third-order valence-electron chi connectivity index (χ3n) is 7.42. The third kappa shape index (κ3) is 5.47. The van der Waals surface area contributed by atoms with Gasteiger partial charge in [0.05, 0.1) is 17.3 Å². The van der Waals surface area contributed by atoms with Gasteiger partial charge in [0.15, 0.2) is 0 Å². The zero-order valence-electron chi connectivity index (χ0n) is 19.9. The molecule has 2 saturated heterocycles. The monoisotopic (exact) mass is 532 g/mol. The van der Waals surface area contributed by atoms with E-state index in [9.17, 15) is 26.8 Å². The summed E-state index contributed by atoms with van der Waals surface area (Å²) in [6, 6.07) is -0.627. The summed E-state index contributed by atoms with van der Waals surface area (Å²) in [4.78, 5) is 28.5. The van der Waals surface area contributed by atoms with Crippen LogP contribution in [0.5, 0.6) is 0 Å². The standard InChI is InChI=1S/C23H31ClF2N4O4S/c1-12-8-20(30(13(12)2)23(32)19-11-29(7-6-27-19)35(3,33)34)22(31)28-21(14-4-5-14)15-9-18(26)16(24)10-17(15)25/h9-10,12-14,19-21,27H,4-8,11H2,1-3H3,(H,28,31)/t12-,13-,19+,20-,21?/m1/s1. The fourth-order valence-corrected chi connectivity index (χ4v) is 6.08. The van der Waals surface area contributed by atoms with Crippen LogP contribution in [-0.2, 0) is 19.6 Å². The molecule has 12 heteroatoms. The molecule has 2 amide bonds. The lowest BCUT2D eigenvalue weighted by atomic mass is 9.99. The molecule has 3 fully saturated rings. The Morgan fingerprint density at radius 1 is 1.20 bits per heavy atom. The van der Waals surface area contributed by atoms with Crippen LogP contribution < -0.4 is 10.6 Å². The van der Waals surface area contributed by atoms with Crippen LogP contribution in [0.15, 0.2) is 12.1 Å². The highest BCUT2D eigenvalue weighted by Gasteiger charge is 2.47. The van der Waals surface area contributed by atoms with Gasteiger partial charge < -0.3 is 15.5 Å². The minimum Gasteiger partial charge on any atom is -0.347 e. The van der Waals surface area contributed by atoms with Crippen molar-refractivity contribution >= 4 is 33.4 Å². The SMILES string of the molecule is C[C@@H]1C[C@H](C(=O)NC(c2cc(F)c(Cl)cc2F)C2CC2)N(C(=O)[C@@H]2CN(S(C)(=O)=O)CCN2)[C@@H]1C. The highest BCUT2D eigenvalue weighted by atomic mass is 35.5. The van der Waals surface area contributed by atoms with Crippen LogP contribution in [0, 0.1) is 23.5 Å². The number of carbonyl (C=O) groups is 2. The molecular formula is C23H31ClF2N4O4S. The number of carbonyl (C=O) groups excluding carboxylic acids is 2. The van der Waals surface area contributed by atoms with Gasteiger partial charge in [-0.25, -0.2) is 17.2 Å². The Balaban J connectivity index is 1.55. The molecule has 2 heterocycles. The van der Waals surface area contributed by atoms with Crippen molar-refractivity contribution in [1.82, 2.24) is 19.8 Å². The molecule has 0 spiro atoms. The summed E-state index contributed by atoms with van der Waals surface area (Å²) in [5, 5.41) is 5.62. The van der Waals surface area contributed by atoms with E-state index < -0.39 is 45.7 Å². The number of amides is 2. The summed E-state index contributed by atoms with van der Waals surface area (Å²) in [5.74, 6) is -2.24. The Morgan fingerprint density at radius 3 is 2.51 bits per heavy atom. The summed E-state index contributed by atoms with van der Waals surface area (Å²) >= 11 is 5.70. The fraction of sp³-hybridized carbons (Fsp3) is 0.652. The molecule has 2 aliphatic heterocycles. The van der Waals surface area contributed by atoms with Crippen molar-refractivity contribution in [1.29, 1.82) is 0 Å². The Kier molecular flexibility index (Phi) is 7.43. The molecule has 194 valence electrons. The molecule has 0 aromatic heterocycles. The predicted octanol–water partition coefficient (Wildman–Crippen LogP) is 2.04. The van der Waals surface area contributed by atoms with E-state index in [2.05, 4.69) is 10.6 Å². The number of nitrogens with one attached hydrogen (secondary N) is 2. The second kappa shape index (κ2) is 9.91. The van der Waals surface area contributed by atoms with Gasteiger partial charge in [-0.2, -0.15) is 4.31 Å². The molecule has 4 rings (SSSR count). The first kappa shape index (κ1) is 26.2. The van der Waals surface area contributed by atoms with Gasteiger partial charge in [-0.3, -0.25) is 9.59 Å². The number of benzene rings is 1. The number of sulfonamides is 1. The van der Waals surface area contributed by atoms with Gasteiger partial charge in [0.1, 0.15) is 23.7 Å². The van der Waals surface area contributed by atoms with Gasteiger partial charge in [0.25, 0.3) is 0 Å². The summed E-state index contributed by atoms with van der Waals surface area (Å²) in [5.41, 5.74) is 0.0393.